The Morgan fingerprint density at radius 1 is 1.37 bits per heavy atom. The number of carboxylic acid groups (broad SMARTS) is 1. The van der Waals surface area contributed by atoms with Crippen LogP contribution in [0.5, 0.6) is 5.75 Å². The summed E-state index contributed by atoms with van der Waals surface area (Å²) >= 11 is 3.05. The minimum absolute atomic E-state index is 0.0661. The molecule has 7 nitrogen and oxygen atoms in total. The van der Waals surface area contributed by atoms with Crippen molar-refractivity contribution in [1.82, 2.24) is 5.32 Å². The van der Waals surface area contributed by atoms with Gasteiger partial charge in [0.05, 0.1) is 10.9 Å². The number of hydrogen-bond donors (Lipinski definition) is 4. The molecule has 0 bridgehead atoms. The zero-order valence-electron chi connectivity index (χ0n) is 9.59. The quantitative estimate of drug-likeness (QED) is 0.613. The number of aliphatic carboxylic acids is 1. The Bertz CT molecular complexity index is 532. The molecule has 0 saturated carbocycles. The molecule has 0 saturated heterocycles. The summed E-state index contributed by atoms with van der Waals surface area (Å²) in [5.41, 5.74) is 4.96. The maximum absolute atomic E-state index is 11.8. The molecule has 1 atom stereocenters. The number of hydrogen-bond acceptors (Lipinski definition) is 4. The molecule has 5 N–H and O–H groups in total. The Morgan fingerprint density at radius 2 is 2.00 bits per heavy atom. The number of nitrogens with one attached hydrogen (secondary N) is 1. The predicted octanol–water partition coefficient (Wildman–Crippen LogP) is 0.213. The third kappa shape index (κ3) is 4.25. The Labute approximate surface area is 116 Å². The fourth-order valence-corrected chi connectivity index (χ4v) is 1.54. The fraction of sp³-hybridized carbons (Fsp3) is 0.182. The number of primary amides is 1. The van der Waals surface area contributed by atoms with Gasteiger partial charge in [0, 0.05) is 5.56 Å². The van der Waals surface area contributed by atoms with Crippen LogP contribution in [-0.4, -0.2) is 34.0 Å². The van der Waals surface area contributed by atoms with Gasteiger partial charge in [-0.15, -0.1) is 0 Å². The number of phenols is 1. The number of phenolic OH excluding ortho intramolecular Hbond substituents is 1. The highest BCUT2D eigenvalue weighted by Crippen LogP contribution is 2.24. The SMILES string of the molecule is NC(=O)C[C@H](NC(=O)c1ccc(Br)c(O)c1)C(=O)O. The third-order valence-electron chi connectivity index (χ3n) is 2.22. The maximum Gasteiger partial charge on any atom is 0.326 e. The van der Waals surface area contributed by atoms with Gasteiger partial charge in [-0.3, -0.25) is 9.59 Å². The van der Waals surface area contributed by atoms with Crippen LogP contribution < -0.4 is 11.1 Å². The van der Waals surface area contributed by atoms with Gasteiger partial charge in [0.1, 0.15) is 11.8 Å². The molecule has 0 aliphatic heterocycles. The van der Waals surface area contributed by atoms with E-state index in [1.54, 1.807) is 0 Å². The van der Waals surface area contributed by atoms with Crippen LogP contribution in [0.4, 0.5) is 0 Å². The molecular weight excluding hydrogens is 320 g/mol. The number of nitrogens with two attached hydrogens (primary N) is 1. The first kappa shape index (κ1) is 15.0. The van der Waals surface area contributed by atoms with Gasteiger partial charge < -0.3 is 21.3 Å². The molecule has 0 radical (unpaired) electrons. The summed E-state index contributed by atoms with van der Waals surface area (Å²) in [6, 6.07) is 2.59. The molecule has 102 valence electrons. The monoisotopic (exact) mass is 330 g/mol. The van der Waals surface area contributed by atoms with E-state index >= 15 is 0 Å². The fourth-order valence-electron chi connectivity index (χ4n) is 1.30. The van der Waals surface area contributed by atoms with Gasteiger partial charge in [0.15, 0.2) is 0 Å². The summed E-state index contributed by atoms with van der Waals surface area (Å²) in [5.74, 6) is -3.09. The molecule has 0 aromatic heterocycles. The van der Waals surface area contributed by atoms with E-state index in [1.807, 2.05) is 0 Å². The molecule has 0 heterocycles. The first-order valence-corrected chi connectivity index (χ1v) is 5.91. The summed E-state index contributed by atoms with van der Waals surface area (Å²) in [6.45, 7) is 0. The summed E-state index contributed by atoms with van der Waals surface area (Å²) in [6.07, 6.45) is -0.510. The largest absolute Gasteiger partial charge is 0.507 e. The number of benzene rings is 1. The molecule has 0 aliphatic rings. The molecule has 1 aromatic carbocycles. The molecule has 0 aliphatic carbocycles. The van der Waals surface area contributed by atoms with Crippen molar-refractivity contribution in [3.05, 3.63) is 28.2 Å². The molecule has 8 heteroatoms. The molecule has 2 amide bonds. The summed E-state index contributed by atoms with van der Waals surface area (Å²) in [4.78, 5) is 33.3. The molecule has 1 rings (SSSR count). The van der Waals surface area contributed by atoms with Crippen molar-refractivity contribution in [1.29, 1.82) is 0 Å². The van der Waals surface area contributed by atoms with Gasteiger partial charge in [0.25, 0.3) is 5.91 Å². The highest BCUT2D eigenvalue weighted by Gasteiger charge is 2.22. The lowest BCUT2D eigenvalue weighted by molar-refractivity contribution is -0.140. The van der Waals surface area contributed by atoms with Crippen molar-refractivity contribution < 1.29 is 24.6 Å². The molecule has 19 heavy (non-hydrogen) atoms. The molecule has 0 fully saturated rings. The van der Waals surface area contributed by atoms with E-state index in [2.05, 4.69) is 21.2 Å². The Morgan fingerprint density at radius 3 is 2.47 bits per heavy atom. The third-order valence-corrected chi connectivity index (χ3v) is 2.89. The second-order valence-electron chi connectivity index (χ2n) is 3.70. The Hall–Kier alpha value is -2.09. The van der Waals surface area contributed by atoms with Crippen LogP contribution >= 0.6 is 15.9 Å². The minimum Gasteiger partial charge on any atom is -0.507 e. The predicted molar refractivity (Wildman–Crippen MR) is 68.5 cm³/mol. The van der Waals surface area contributed by atoms with E-state index in [1.165, 1.54) is 18.2 Å². The van der Waals surface area contributed by atoms with Crippen molar-refractivity contribution in [3.8, 4) is 5.75 Å². The van der Waals surface area contributed by atoms with Crippen molar-refractivity contribution in [2.24, 2.45) is 5.73 Å². The van der Waals surface area contributed by atoms with E-state index in [0.717, 1.165) is 0 Å². The van der Waals surface area contributed by atoms with Crippen LogP contribution in [0.1, 0.15) is 16.8 Å². The van der Waals surface area contributed by atoms with Crippen LogP contribution in [-0.2, 0) is 9.59 Å². The van der Waals surface area contributed by atoms with Crippen LogP contribution in [0.25, 0.3) is 0 Å². The molecule has 0 unspecified atom stereocenters. The van der Waals surface area contributed by atoms with Crippen LogP contribution in [0, 0.1) is 0 Å². The number of carbonyl (C=O) groups excluding carboxylic acids is 2. The van der Waals surface area contributed by atoms with Gasteiger partial charge >= 0.3 is 5.97 Å². The lowest BCUT2D eigenvalue weighted by Crippen LogP contribution is -2.43. The lowest BCUT2D eigenvalue weighted by Gasteiger charge is -2.13. The summed E-state index contributed by atoms with van der Waals surface area (Å²) < 4.78 is 0.399. The summed E-state index contributed by atoms with van der Waals surface area (Å²) in [7, 11) is 0. The number of rotatable bonds is 5. The molecule has 1 aromatic rings. The zero-order chi connectivity index (χ0) is 14.6. The topological polar surface area (TPSA) is 130 Å². The Balaban J connectivity index is 2.84. The number of carboxylic acids is 1. The summed E-state index contributed by atoms with van der Waals surface area (Å²) in [5, 5.41) is 20.4. The number of amides is 2. The van der Waals surface area contributed by atoms with E-state index in [-0.39, 0.29) is 11.3 Å². The van der Waals surface area contributed by atoms with Gasteiger partial charge in [-0.05, 0) is 34.1 Å². The van der Waals surface area contributed by atoms with Gasteiger partial charge in [-0.2, -0.15) is 0 Å². The van der Waals surface area contributed by atoms with Crippen molar-refractivity contribution >= 4 is 33.7 Å². The van der Waals surface area contributed by atoms with Crippen molar-refractivity contribution in [3.63, 3.8) is 0 Å². The van der Waals surface area contributed by atoms with Gasteiger partial charge in [-0.1, -0.05) is 0 Å². The van der Waals surface area contributed by atoms with Crippen LogP contribution in [0.3, 0.4) is 0 Å². The molecular formula is C11H11BrN2O5. The maximum atomic E-state index is 11.8. The van der Waals surface area contributed by atoms with Gasteiger partial charge in [0.2, 0.25) is 5.91 Å². The number of halogens is 1. The van der Waals surface area contributed by atoms with Crippen molar-refractivity contribution in [2.75, 3.05) is 0 Å². The average molecular weight is 331 g/mol. The normalized spacial score (nSPS) is 11.6. The van der Waals surface area contributed by atoms with Crippen LogP contribution in [0.2, 0.25) is 0 Å². The lowest BCUT2D eigenvalue weighted by atomic mass is 10.1. The highest BCUT2D eigenvalue weighted by atomic mass is 79.9. The Kier molecular flexibility index (Phi) is 4.87. The van der Waals surface area contributed by atoms with E-state index < -0.39 is 30.2 Å². The van der Waals surface area contributed by atoms with E-state index in [4.69, 9.17) is 10.8 Å². The minimum atomic E-state index is -1.41. The average Bonchev–Trinajstić information content (AvgIpc) is 2.31. The first-order chi connectivity index (χ1) is 8.81. The van der Waals surface area contributed by atoms with Crippen LogP contribution in [0.15, 0.2) is 22.7 Å². The first-order valence-electron chi connectivity index (χ1n) is 5.11. The van der Waals surface area contributed by atoms with E-state index in [0.29, 0.717) is 4.47 Å². The highest BCUT2D eigenvalue weighted by molar-refractivity contribution is 9.10. The second-order valence-corrected chi connectivity index (χ2v) is 4.56. The van der Waals surface area contributed by atoms with E-state index in [9.17, 15) is 19.5 Å². The number of carbonyl (C=O) groups is 3. The van der Waals surface area contributed by atoms with Crippen molar-refractivity contribution in [2.45, 2.75) is 12.5 Å². The van der Waals surface area contributed by atoms with Gasteiger partial charge in [-0.25, -0.2) is 4.79 Å². The smallest absolute Gasteiger partial charge is 0.326 e. The number of aromatic hydroxyl groups is 1. The second kappa shape index (κ2) is 6.19. The standard InChI is InChI=1S/C11H11BrN2O5/c12-6-2-1-5(3-8(6)15)10(17)14-7(11(18)19)4-9(13)16/h1-3,7,15H,4H2,(H2,13,16)(H,14,17)(H,18,19)/t7-/m0/s1. The zero-order valence-corrected chi connectivity index (χ0v) is 11.2. The molecule has 0 spiro atoms.